The number of aromatic hydroxyl groups is 1. The zero-order chi connectivity index (χ0) is 13.7. The Kier molecular flexibility index (Phi) is 4.30. The Balaban J connectivity index is 2.02. The number of phenolic OH excluding ortho intramolecular Hbond substituents is 1. The van der Waals surface area contributed by atoms with Crippen molar-refractivity contribution in [1.29, 1.82) is 0 Å². The molecule has 0 saturated carbocycles. The Labute approximate surface area is 112 Å². The zero-order valence-corrected chi connectivity index (χ0v) is 11.0. The van der Waals surface area contributed by atoms with Crippen LogP contribution in [-0.4, -0.2) is 22.4 Å². The van der Waals surface area contributed by atoms with Crippen LogP contribution >= 0.6 is 0 Å². The van der Waals surface area contributed by atoms with E-state index in [0.717, 1.165) is 11.3 Å². The quantitative estimate of drug-likeness (QED) is 0.860. The molecular weight excluding hydrogens is 242 g/mol. The normalized spacial score (nSPS) is 12.1. The zero-order valence-electron chi connectivity index (χ0n) is 11.0. The van der Waals surface area contributed by atoms with Gasteiger partial charge in [-0.25, -0.2) is 0 Å². The Hall–Kier alpha value is -2.14. The molecule has 5 heteroatoms. The fourth-order valence-corrected chi connectivity index (χ4v) is 1.81. The van der Waals surface area contributed by atoms with Gasteiger partial charge in [-0.05, 0) is 25.1 Å². The minimum absolute atomic E-state index is 0.00733. The van der Waals surface area contributed by atoms with Crippen LogP contribution in [0.25, 0.3) is 0 Å². The number of nitrogens with zero attached hydrogens (tertiary/aromatic N) is 2. The molecule has 0 amide bonds. The number of rotatable bonds is 5. The summed E-state index contributed by atoms with van der Waals surface area (Å²) >= 11 is 0. The van der Waals surface area contributed by atoms with Gasteiger partial charge in [0.15, 0.2) is 0 Å². The number of benzene rings is 1. The largest absolute Gasteiger partial charge is 0.507 e. The van der Waals surface area contributed by atoms with E-state index in [-0.39, 0.29) is 11.8 Å². The number of methoxy groups -OCH3 is 1. The van der Waals surface area contributed by atoms with Gasteiger partial charge in [0.1, 0.15) is 11.5 Å². The van der Waals surface area contributed by atoms with Crippen molar-refractivity contribution in [2.45, 2.75) is 19.5 Å². The number of phenols is 1. The fourth-order valence-electron chi connectivity index (χ4n) is 1.81. The summed E-state index contributed by atoms with van der Waals surface area (Å²) in [7, 11) is 1.57. The smallest absolute Gasteiger partial charge is 0.124 e. The second-order valence-corrected chi connectivity index (χ2v) is 4.24. The van der Waals surface area contributed by atoms with Crippen molar-refractivity contribution in [3.05, 3.63) is 47.8 Å². The first-order valence-electron chi connectivity index (χ1n) is 6.07. The number of hydrogen-bond acceptors (Lipinski definition) is 5. The summed E-state index contributed by atoms with van der Waals surface area (Å²) in [6, 6.07) is 9.04. The van der Waals surface area contributed by atoms with Crippen molar-refractivity contribution in [3.63, 3.8) is 0 Å². The molecule has 0 spiro atoms. The topological polar surface area (TPSA) is 67.3 Å². The highest BCUT2D eigenvalue weighted by molar-refractivity contribution is 5.41. The van der Waals surface area contributed by atoms with E-state index in [2.05, 4.69) is 15.5 Å². The summed E-state index contributed by atoms with van der Waals surface area (Å²) in [6.45, 7) is 2.58. The minimum Gasteiger partial charge on any atom is -0.507 e. The summed E-state index contributed by atoms with van der Waals surface area (Å²) in [5, 5.41) is 21.1. The Bertz CT molecular complexity index is 531. The van der Waals surface area contributed by atoms with Gasteiger partial charge < -0.3 is 15.2 Å². The van der Waals surface area contributed by atoms with Crippen molar-refractivity contribution in [1.82, 2.24) is 15.5 Å². The third kappa shape index (κ3) is 3.42. The molecule has 1 atom stereocenters. The lowest BCUT2D eigenvalue weighted by Gasteiger charge is -2.15. The van der Waals surface area contributed by atoms with Crippen LogP contribution in [0.2, 0.25) is 0 Å². The summed E-state index contributed by atoms with van der Waals surface area (Å²) in [5.74, 6) is 0.862. The van der Waals surface area contributed by atoms with Crippen LogP contribution in [0.5, 0.6) is 11.5 Å². The lowest BCUT2D eigenvalue weighted by atomic mass is 10.1. The molecule has 100 valence electrons. The molecule has 0 aliphatic rings. The maximum atomic E-state index is 9.94. The van der Waals surface area contributed by atoms with E-state index in [9.17, 15) is 5.11 Å². The molecule has 19 heavy (non-hydrogen) atoms. The molecule has 0 aliphatic heterocycles. The first-order valence-corrected chi connectivity index (χ1v) is 6.07. The van der Waals surface area contributed by atoms with E-state index in [1.807, 2.05) is 31.2 Å². The Morgan fingerprint density at radius 2 is 2.21 bits per heavy atom. The van der Waals surface area contributed by atoms with Gasteiger partial charge in [0.2, 0.25) is 0 Å². The minimum atomic E-state index is 0.00733. The monoisotopic (exact) mass is 259 g/mol. The predicted molar refractivity (Wildman–Crippen MR) is 71.9 cm³/mol. The van der Waals surface area contributed by atoms with Gasteiger partial charge in [0.05, 0.1) is 12.8 Å². The highest BCUT2D eigenvalue weighted by atomic mass is 16.5. The molecule has 0 saturated heterocycles. The third-order valence-corrected chi connectivity index (χ3v) is 2.92. The molecule has 5 nitrogen and oxygen atoms in total. The second-order valence-electron chi connectivity index (χ2n) is 4.24. The van der Waals surface area contributed by atoms with Gasteiger partial charge in [-0.3, -0.25) is 0 Å². The molecule has 0 aliphatic carbocycles. The molecule has 2 aromatic rings. The molecule has 1 aromatic carbocycles. The van der Waals surface area contributed by atoms with Gasteiger partial charge in [0.25, 0.3) is 0 Å². The Morgan fingerprint density at radius 3 is 2.84 bits per heavy atom. The van der Waals surface area contributed by atoms with E-state index >= 15 is 0 Å². The van der Waals surface area contributed by atoms with Gasteiger partial charge in [-0.1, -0.05) is 6.07 Å². The number of ether oxygens (including phenoxy) is 1. The molecule has 1 unspecified atom stereocenters. The standard InChI is InChI=1S/C14H17N3O2/c1-10(15-9-11-4-3-7-16-17-11)13-6-5-12(19-2)8-14(13)18/h3-8,10,15,18H,9H2,1-2H3. The van der Waals surface area contributed by atoms with Crippen LogP contribution in [0.3, 0.4) is 0 Å². The predicted octanol–water partition coefficient (Wildman–Crippen LogP) is 2.04. The van der Waals surface area contributed by atoms with Crippen LogP contribution in [0.1, 0.15) is 24.2 Å². The molecule has 2 rings (SSSR count). The van der Waals surface area contributed by atoms with E-state index in [1.54, 1.807) is 19.4 Å². The number of nitrogens with one attached hydrogen (secondary N) is 1. The van der Waals surface area contributed by atoms with Crippen molar-refractivity contribution in [3.8, 4) is 11.5 Å². The number of aromatic nitrogens is 2. The van der Waals surface area contributed by atoms with Crippen molar-refractivity contribution in [2.75, 3.05) is 7.11 Å². The molecular formula is C14H17N3O2. The first kappa shape index (κ1) is 13.3. The average Bonchev–Trinajstić information content (AvgIpc) is 2.45. The molecule has 0 bridgehead atoms. The summed E-state index contributed by atoms with van der Waals surface area (Å²) in [4.78, 5) is 0. The first-order chi connectivity index (χ1) is 9.20. The molecule has 2 N–H and O–H groups in total. The maximum absolute atomic E-state index is 9.94. The highest BCUT2D eigenvalue weighted by Crippen LogP contribution is 2.28. The second kappa shape index (κ2) is 6.15. The van der Waals surface area contributed by atoms with Crippen molar-refractivity contribution < 1.29 is 9.84 Å². The highest BCUT2D eigenvalue weighted by Gasteiger charge is 2.11. The van der Waals surface area contributed by atoms with E-state index in [4.69, 9.17) is 4.74 Å². The van der Waals surface area contributed by atoms with Crippen molar-refractivity contribution >= 4 is 0 Å². The maximum Gasteiger partial charge on any atom is 0.124 e. The van der Waals surface area contributed by atoms with Gasteiger partial charge in [0, 0.05) is 30.4 Å². The van der Waals surface area contributed by atoms with Gasteiger partial charge in [-0.2, -0.15) is 10.2 Å². The van der Waals surface area contributed by atoms with Crippen LogP contribution in [-0.2, 0) is 6.54 Å². The molecule has 1 aromatic heterocycles. The average molecular weight is 259 g/mol. The summed E-state index contributed by atoms with van der Waals surface area (Å²) in [5.41, 5.74) is 1.69. The summed E-state index contributed by atoms with van der Waals surface area (Å²) in [6.07, 6.45) is 1.64. The summed E-state index contributed by atoms with van der Waals surface area (Å²) < 4.78 is 5.06. The van der Waals surface area contributed by atoms with E-state index < -0.39 is 0 Å². The van der Waals surface area contributed by atoms with Gasteiger partial charge in [-0.15, -0.1) is 0 Å². The van der Waals surface area contributed by atoms with Gasteiger partial charge >= 0.3 is 0 Å². The van der Waals surface area contributed by atoms with Crippen LogP contribution in [0, 0.1) is 0 Å². The van der Waals surface area contributed by atoms with E-state index in [0.29, 0.717) is 12.3 Å². The SMILES string of the molecule is COc1ccc(C(C)NCc2cccnn2)c(O)c1. The Morgan fingerprint density at radius 1 is 1.37 bits per heavy atom. The van der Waals surface area contributed by atoms with Crippen LogP contribution < -0.4 is 10.1 Å². The fraction of sp³-hybridized carbons (Fsp3) is 0.286. The van der Waals surface area contributed by atoms with E-state index in [1.165, 1.54) is 0 Å². The third-order valence-electron chi connectivity index (χ3n) is 2.92. The lowest BCUT2D eigenvalue weighted by molar-refractivity contribution is 0.404. The lowest BCUT2D eigenvalue weighted by Crippen LogP contribution is -2.19. The molecule has 0 radical (unpaired) electrons. The van der Waals surface area contributed by atoms with Crippen molar-refractivity contribution in [2.24, 2.45) is 0 Å². The molecule has 1 heterocycles. The van der Waals surface area contributed by atoms with Crippen LogP contribution in [0.4, 0.5) is 0 Å². The number of hydrogen-bond donors (Lipinski definition) is 2. The molecule has 0 fully saturated rings. The van der Waals surface area contributed by atoms with Crippen LogP contribution in [0.15, 0.2) is 36.5 Å².